The van der Waals surface area contributed by atoms with E-state index in [4.69, 9.17) is 4.74 Å². The third-order valence-electron chi connectivity index (χ3n) is 2.95. The smallest absolute Gasteiger partial charge is 0.306 e. The minimum atomic E-state index is -0.318. The van der Waals surface area contributed by atoms with Crippen molar-refractivity contribution in [2.24, 2.45) is 7.05 Å². The van der Waals surface area contributed by atoms with Crippen LogP contribution in [0.2, 0.25) is 0 Å². The van der Waals surface area contributed by atoms with E-state index in [0.29, 0.717) is 5.82 Å². The Bertz CT molecular complexity index is 563. The van der Waals surface area contributed by atoms with E-state index in [-0.39, 0.29) is 24.1 Å². The van der Waals surface area contributed by atoms with Crippen LogP contribution in [0.15, 0.2) is 30.6 Å². The number of esters is 1. The normalized spacial score (nSPS) is 12.1. The molecule has 1 N–H and O–H groups in total. The molecule has 0 aliphatic heterocycles. The maximum Gasteiger partial charge on any atom is 0.306 e. The second kappa shape index (κ2) is 5.51. The highest BCUT2D eigenvalue weighted by Crippen LogP contribution is 2.27. The Morgan fingerprint density at radius 2 is 2.11 bits per heavy atom. The van der Waals surface area contributed by atoms with Gasteiger partial charge in [-0.1, -0.05) is 12.1 Å². The number of aromatic nitrogens is 3. The summed E-state index contributed by atoms with van der Waals surface area (Å²) in [7, 11) is 3.17. The molecular formula is C13H15N3O3. The number of methoxy groups -OCH3 is 1. The number of phenolic OH excluding ortho intramolecular Hbond substituents is 1. The van der Waals surface area contributed by atoms with Gasteiger partial charge in [0.25, 0.3) is 0 Å². The topological polar surface area (TPSA) is 77.2 Å². The number of nitrogens with zero attached hydrogens (tertiary/aromatic N) is 3. The summed E-state index contributed by atoms with van der Waals surface area (Å²) in [4.78, 5) is 11.5. The predicted molar refractivity (Wildman–Crippen MR) is 67.6 cm³/mol. The molecule has 6 nitrogen and oxygen atoms in total. The van der Waals surface area contributed by atoms with Crippen LogP contribution >= 0.6 is 0 Å². The van der Waals surface area contributed by atoms with E-state index < -0.39 is 0 Å². The molecule has 0 unspecified atom stereocenters. The molecule has 100 valence electrons. The van der Waals surface area contributed by atoms with E-state index >= 15 is 0 Å². The predicted octanol–water partition coefficient (Wildman–Crippen LogP) is 1.22. The molecule has 0 spiro atoms. The van der Waals surface area contributed by atoms with Gasteiger partial charge in [0.2, 0.25) is 0 Å². The molecular weight excluding hydrogens is 246 g/mol. The number of aryl methyl sites for hydroxylation is 1. The zero-order valence-electron chi connectivity index (χ0n) is 10.8. The number of hydrogen-bond donors (Lipinski definition) is 1. The molecule has 6 heteroatoms. The Balaban J connectivity index is 2.37. The monoisotopic (exact) mass is 261 g/mol. The number of phenols is 1. The van der Waals surface area contributed by atoms with Crippen LogP contribution in [0, 0.1) is 0 Å². The minimum absolute atomic E-state index is 0.174. The quantitative estimate of drug-likeness (QED) is 0.837. The Kier molecular flexibility index (Phi) is 3.79. The summed E-state index contributed by atoms with van der Waals surface area (Å²) >= 11 is 0. The van der Waals surface area contributed by atoms with Gasteiger partial charge in [0, 0.05) is 7.05 Å². The van der Waals surface area contributed by atoms with Crippen molar-refractivity contribution in [3.63, 3.8) is 0 Å². The molecule has 2 rings (SSSR count). The van der Waals surface area contributed by atoms with Crippen molar-refractivity contribution in [3.05, 3.63) is 42.0 Å². The van der Waals surface area contributed by atoms with E-state index in [1.54, 1.807) is 35.2 Å². The van der Waals surface area contributed by atoms with Crippen LogP contribution in [-0.2, 0) is 16.6 Å². The standard InChI is InChI=1S/C13H15N3O3/c1-16-8-14-15-13(16)11(7-12(18)19-2)9-3-5-10(17)6-4-9/h3-6,8,11,17H,7H2,1-2H3/t11-/m0/s1. The summed E-state index contributed by atoms with van der Waals surface area (Å²) in [5.41, 5.74) is 0.874. The van der Waals surface area contributed by atoms with Crippen molar-refractivity contribution in [3.8, 4) is 5.75 Å². The third kappa shape index (κ3) is 2.90. The maximum atomic E-state index is 11.5. The molecule has 1 heterocycles. The van der Waals surface area contributed by atoms with Crippen LogP contribution in [0.3, 0.4) is 0 Å². The molecule has 0 radical (unpaired) electrons. The van der Waals surface area contributed by atoms with Gasteiger partial charge in [-0.2, -0.15) is 0 Å². The first-order valence-corrected chi connectivity index (χ1v) is 5.81. The van der Waals surface area contributed by atoms with Crippen molar-refractivity contribution in [2.45, 2.75) is 12.3 Å². The molecule has 0 amide bonds. The number of rotatable bonds is 4. The molecule has 0 aliphatic rings. The molecule has 1 atom stereocenters. The van der Waals surface area contributed by atoms with Crippen LogP contribution in [0.25, 0.3) is 0 Å². The first-order valence-electron chi connectivity index (χ1n) is 5.81. The van der Waals surface area contributed by atoms with Crippen LogP contribution in [0.1, 0.15) is 23.7 Å². The second-order valence-electron chi connectivity index (χ2n) is 4.22. The summed E-state index contributed by atoms with van der Waals surface area (Å²) in [6, 6.07) is 6.68. The van der Waals surface area contributed by atoms with E-state index in [0.717, 1.165) is 5.56 Å². The van der Waals surface area contributed by atoms with Crippen LogP contribution in [0.5, 0.6) is 5.75 Å². The lowest BCUT2D eigenvalue weighted by Crippen LogP contribution is -2.13. The lowest BCUT2D eigenvalue weighted by molar-refractivity contribution is -0.140. The van der Waals surface area contributed by atoms with Crippen molar-refractivity contribution in [2.75, 3.05) is 7.11 Å². The van der Waals surface area contributed by atoms with Crippen LogP contribution in [-0.4, -0.2) is 33.0 Å². The zero-order valence-corrected chi connectivity index (χ0v) is 10.8. The van der Waals surface area contributed by atoms with E-state index in [9.17, 15) is 9.90 Å². The summed E-state index contributed by atoms with van der Waals surface area (Å²) in [5.74, 6) is 0.288. The Morgan fingerprint density at radius 3 is 2.63 bits per heavy atom. The van der Waals surface area contributed by atoms with Crippen molar-refractivity contribution in [1.29, 1.82) is 0 Å². The summed E-state index contributed by atoms with van der Waals surface area (Å²) in [5, 5.41) is 17.2. The summed E-state index contributed by atoms with van der Waals surface area (Å²) in [6.07, 6.45) is 1.76. The highest BCUT2D eigenvalue weighted by Gasteiger charge is 2.22. The Morgan fingerprint density at radius 1 is 1.42 bits per heavy atom. The van der Waals surface area contributed by atoms with Gasteiger partial charge in [-0.3, -0.25) is 4.79 Å². The number of aromatic hydroxyl groups is 1. The zero-order chi connectivity index (χ0) is 13.8. The van der Waals surface area contributed by atoms with Crippen molar-refractivity contribution in [1.82, 2.24) is 14.8 Å². The van der Waals surface area contributed by atoms with Gasteiger partial charge in [0.15, 0.2) is 0 Å². The number of ether oxygens (including phenoxy) is 1. The van der Waals surface area contributed by atoms with E-state index in [2.05, 4.69) is 10.2 Å². The first-order chi connectivity index (χ1) is 9.11. The van der Waals surface area contributed by atoms with Gasteiger partial charge >= 0.3 is 5.97 Å². The van der Waals surface area contributed by atoms with Crippen molar-refractivity contribution >= 4 is 5.97 Å². The van der Waals surface area contributed by atoms with Crippen molar-refractivity contribution < 1.29 is 14.6 Å². The fraction of sp³-hybridized carbons (Fsp3) is 0.308. The van der Waals surface area contributed by atoms with Gasteiger partial charge in [0.1, 0.15) is 17.9 Å². The fourth-order valence-corrected chi connectivity index (χ4v) is 1.92. The molecule has 0 bridgehead atoms. The average molecular weight is 261 g/mol. The molecule has 0 aliphatic carbocycles. The Hall–Kier alpha value is -2.37. The molecule has 0 saturated heterocycles. The van der Waals surface area contributed by atoms with Crippen LogP contribution < -0.4 is 0 Å². The largest absolute Gasteiger partial charge is 0.508 e. The van der Waals surface area contributed by atoms with Gasteiger partial charge in [-0.15, -0.1) is 10.2 Å². The molecule has 1 aromatic heterocycles. The molecule has 19 heavy (non-hydrogen) atoms. The Labute approximate surface area is 110 Å². The van der Waals surface area contributed by atoms with Gasteiger partial charge in [0.05, 0.1) is 19.4 Å². The number of hydrogen-bond acceptors (Lipinski definition) is 5. The number of benzene rings is 1. The maximum absolute atomic E-state index is 11.5. The fourth-order valence-electron chi connectivity index (χ4n) is 1.92. The minimum Gasteiger partial charge on any atom is -0.508 e. The van der Waals surface area contributed by atoms with Gasteiger partial charge < -0.3 is 14.4 Å². The van der Waals surface area contributed by atoms with Gasteiger partial charge in [-0.05, 0) is 17.7 Å². The highest BCUT2D eigenvalue weighted by atomic mass is 16.5. The lowest BCUT2D eigenvalue weighted by Gasteiger charge is -2.15. The van der Waals surface area contributed by atoms with Crippen LogP contribution in [0.4, 0.5) is 0 Å². The number of carbonyl (C=O) groups excluding carboxylic acids is 1. The SMILES string of the molecule is COC(=O)C[C@@H](c1ccc(O)cc1)c1nncn1C. The van der Waals surface area contributed by atoms with Gasteiger partial charge in [-0.25, -0.2) is 0 Å². The second-order valence-corrected chi connectivity index (χ2v) is 4.22. The summed E-state index contributed by atoms with van der Waals surface area (Å²) < 4.78 is 6.48. The molecule has 0 fully saturated rings. The third-order valence-corrected chi connectivity index (χ3v) is 2.95. The number of carbonyl (C=O) groups is 1. The van der Waals surface area contributed by atoms with E-state index in [1.165, 1.54) is 7.11 Å². The summed E-state index contributed by atoms with van der Waals surface area (Å²) in [6.45, 7) is 0. The van der Waals surface area contributed by atoms with E-state index in [1.807, 2.05) is 7.05 Å². The molecule has 1 aromatic carbocycles. The highest BCUT2D eigenvalue weighted by molar-refractivity contribution is 5.71. The average Bonchev–Trinajstić information content (AvgIpc) is 2.83. The molecule has 0 saturated carbocycles. The lowest BCUT2D eigenvalue weighted by atomic mass is 9.94. The molecule has 2 aromatic rings. The first kappa shape index (κ1) is 13.1.